The van der Waals surface area contributed by atoms with Crippen LogP contribution in [0.3, 0.4) is 0 Å². The maximum atomic E-state index is 11.1. The maximum Gasteiger partial charge on any atom is 0.150 e. The standard InChI is InChI=1S/C16H17ClO/c1-16(2,3)13-5-4-11(8-13)15-7-6-14(17)9-12(15)10-18/h5-10H,4H2,1-3H3. The fourth-order valence-corrected chi connectivity index (χ4v) is 2.34. The highest BCUT2D eigenvalue weighted by molar-refractivity contribution is 6.30. The van der Waals surface area contributed by atoms with Crippen molar-refractivity contribution >= 4 is 23.5 Å². The topological polar surface area (TPSA) is 17.1 Å². The van der Waals surface area contributed by atoms with Crippen molar-refractivity contribution in [1.82, 2.24) is 0 Å². The summed E-state index contributed by atoms with van der Waals surface area (Å²) in [7, 11) is 0. The Morgan fingerprint density at radius 1 is 1.28 bits per heavy atom. The normalized spacial score (nSPS) is 15.3. The van der Waals surface area contributed by atoms with Crippen molar-refractivity contribution in [1.29, 1.82) is 0 Å². The Morgan fingerprint density at radius 3 is 2.56 bits per heavy atom. The van der Waals surface area contributed by atoms with Crippen molar-refractivity contribution in [2.75, 3.05) is 0 Å². The van der Waals surface area contributed by atoms with Gasteiger partial charge in [0.2, 0.25) is 0 Å². The summed E-state index contributed by atoms with van der Waals surface area (Å²) >= 11 is 5.91. The summed E-state index contributed by atoms with van der Waals surface area (Å²) in [5.74, 6) is 0. The summed E-state index contributed by atoms with van der Waals surface area (Å²) in [6.45, 7) is 6.59. The number of allylic oxidation sites excluding steroid dienone is 4. The van der Waals surface area contributed by atoms with Crippen LogP contribution in [0.5, 0.6) is 0 Å². The highest BCUT2D eigenvalue weighted by Gasteiger charge is 2.20. The number of hydrogen-bond donors (Lipinski definition) is 0. The Kier molecular flexibility index (Phi) is 3.45. The summed E-state index contributed by atoms with van der Waals surface area (Å²) in [5, 5.41) is 0.600. The molecule has 0 fully saturated rings. The van der Waals surface area contributed by atoms with Gasteiger partial charge in [-0.15, -0.1) is 0 Å². The highest BCUT2D eigenvalue weighted by Crippen LogP contribution is 2.37. The lowest BCUT2D eigenvalue weighted by Gasteiger charge is -2.18. The van der Waals surface area contributed by atoms with E-state index in [4.69, 9.17) is 11.6 Å². The molecule has 0 saturated carbocycles. The van der Waals surface area contributed by atoms with Crippen LogP contribution in [0.1, 0.15) is 43.1 Å². The molecular weight excluding hydrogens is 244 g/mol. The molecule has 0 aromatic heterocycles. The molecule has 1 aromatic carbocycles. The molecule has 0 spiro atoms. The summed E-state index contributed by atoms with van der Waals surface area (Å²) < 4.78 is 0. The van der Waals surface area contributed by atoms with Crippen LogP contribution in [0.4, 0.5) is 0 Å². The molecular formula is C16H17ClO. The number of hydrogen-bond acceptors (Lipinski definition) is 1. The Bertz CT molecular complexity index is 545. The van der Waals surface area contributed by atoms with Gasteiger partial charge in [-0.25, -0.2) is 0 Å². The van der Waals surface area contributed by atoms with E-state index >= 15 is 0 Å². The van der Waals surface area contributed by atoms with E-state index in [-0.39, 0.29) is 5.41 Å². The number of carbonyl (C=O) groups is 1. The fraction of sp³-hybridized carbons (Fsp3) is 0.312. The van der Waals surface area contributed by atoms with Crippen molar-refractivity contribution in [3.8, 4) is 0 Å². The Labute approximate surface area is 113 Å². The molecule has 1 aliphatic carbocycles. The average Bonchev–Trinajstić information content (AvgIpc) is 2.77. The van der Waals surface area contributed by atoms with E-state index in [9.17, 15) is 4.79 Å². The van der Waals surface area contributed by atoms with Gasteiger partial charge in [0, 0.05) is 10.6 Å². The van der Waals surface area contributed by atoms with Gasteiger partial charge in [-0.1, -0.05) is 50.6 Å². The van der Waals surface area contributed by atoms with Gasteiger partial charge in [0.1, 0.15) is 0 Å². The lowest BCUT2D eigenvalue weighted by molar-refractivity contribution is 0.112. The predicted molar refractivity (Wildman–Crippen MR) is 77.0 cm³/mol. The van der Waals surface area contributed by atoms with Gasteiger partial charge in [-0.3, -0.25) is 4.79 Å². The van der Waals surface area contributed by atoms with Crippen LogP contribution in [-0.2, 0) is 0 Å². The molecule has 1 nitrogen and oxygen atoms in total. The third-order valence-electron chi connectivity index (χ3n) is 3.22. The van der Waals surface area contributed by atoms with Crippen LogP contribution in [0.15, 0.2) is 35.9 Å². The maximum absolute atomic E-state index is 11.1. The molecule has 2 rings (SSSR count). The molecule has 0 radical (unpaired) electrons. The van der Waals surface area contributed by atoms with Crippen LogP contribution in [0.2, 0.25) is 5.02 Å². The zero-order valence-corrected chi connectivity index (χ0v) is 11.7. The molecule has 0 aliphatic heterocycles. The molecule has 0 bridgehead atoms. The number of aldehydes is 1. The summed E-state index contributed by atoms with van der Waals surface area (Å²) in [6.07, 6.45) is 6.18. The summed E-state index contributed by atoms with van der Waals surface area (Å²) in [6, 6.07) is 5.48. The molecule has 0 N–H and O–H groups in total. The predicted octanol–water partition coefficient (Wildman–Crippen LogP) is 4.91. The second-order valence-corrected chi connectivity index (χ2v) is 6.07. The Hall–Kier alpha value is -1.34. The minimum absolute atomic E-state index is 0.148. The first-order chi connectivity index (χ1) is 8.41. The second-order valence-electron chi connectivity index (χ2n) is 5.63. The first-order valence-electron chi connectivity index (χ1n) is 6.08. The molecule has 1 aromatic rings. The molecule has 0 saturated heterocycles. The molecule has 0 amide bonds. The third-order valence-corrected chi connectivity index (χ3v) is 3.46. The summed E-state index contributed by atoms with van der Waals surface area (Å²) in [4.78, 5) is 11.1. The SMILES string of the molecule is CC(C)(C)C1=CCC(c2ccc(Cl)cc2C=O)=C1. The van der Waals surface area contributed by atoms with Gasteiger partial charge in [0.05, 0.1) is 0 Å². The van der Waals surface area contributed by atoms with Crippen molar-refractivity contribution in [2.45, 2.75) is 27.2 Å². The van der Waals surface area contributed by atoms with Crippen molar-refractivity contribution in [3.63, 3.8) is 0 Å². The lowest BCUT2D eigenvalue weighted by atomic mass is 9.87. The van der Waals surface area contributed by atoms with Gasteiger partial charge in [-0.2, -0.15) is 0 Å². The molecule has 0 heterocycles. The van der Waals surface area contributed by atoms with E-state index in [2.05, 4.69) is 32.9 Å². The minimum atomic E-state index is 0.148. The smallest absolute Gasteiger partial charge is 0.150 e. The molecule has 1 aliphatic rings. The zero-order chi connectivity index (χ0) is 13.3. The quantitative estimate of drug-likeness (QED) is 0.691. The number of rotatable bonds is 2. The van der Waals surface area contributed by atoms with Crippen LogP contribution in [0.25, 0.3) is 5.57 Å². The first-order valence-corrected chi connectivity index (χ1v) is 6.46. The van der Waals surface area contributed by atoms with Crippen LogP contribution in [0, 0.1) is 5.41 Å². The van der Waals surface area contributed by atoms with E-state index in [1.54, 1.807) is 6.07 Å². The van der Waals surface area contributed by atoms with Crippen LogP contribution >= 0.6 is 11.6 Å². The van der Waals surface area contributed by atoms with E-state index in [1.165, 1.54) is 11.1 Å². The molecule has 0 atom stereocenters. The molecule has 18 heavy (non-hydrogen) atoms. The van der Waals surface area contributed by atoms with Crippen LogP contribution in [-0.4, -0.2) is 6.29 Å². The first kappa shape index (κ1) is 13.1. The lowest BCUT2D eigenvalue weighted by Crippen LogP contribution is -2.05. The van der Waals surface area contributed by atoms with Crippen LogP contribution < -0.4 is 0 Å². The van der Waals surface area contributed by atoms with Gasteiger partial charge in [0.15, 0.2) is 6.29 Å². The van der Waals surface area contributed by atoms with E-state index in [1.807, 2.05) is 12.1 Å². The fourth-order valence-electron chi connectivity index (χ4n) is 2.16. The largest absolute Gasteiger partial charge is 0.298 e. The van der Waals surface area contributed by atoms with Crippen molar-refractivity contribution < 1.29 is 4.79 Å². The number of benzene rings is 1. The highest BCUT2D eigenvalue weighted by atomic mass is 35.5. The van der Waals surface area contributed by atoms with E-state index in [0.717, 1.165) is 18.3 Å². The van der Waals surface area contributed by atoms with Gasteiger partial charge in [-0.05, 0) is 40.7 Å². The van der Waals surface area contributed by atoms with Gasteiger partial charge in [0.25, 0.3) is 0 Å². The average molecular weight is 261 g/mol. The Balaban J connectivity index is 2.39. The second kappa shape index (κ2) is 4.74. The zero-order valence-electron chi connectivity index (χ0n) is 11.0. The van der Waals surface area contributed by atoms with Crippen molar-refractivity contribution in [2.24, 2.45) is 5.41 Å². The third kappa shape index (κ3) is 2.56. The molecule has 2 heteroatoms. The van der Waals surface area contributed by atoms with E-state index < -0.39 is 0 Å². The summed E-state index contributed by atoms with van der Waals surface area (Å²) in [5.41, 5.74) is 4.32. The Morgan fingerprint density at radius 2 is 2.00 bits per heavy atom. The molecule has 94 valence electrons. The van der Waals surface area contributed by atoms with E-state index in [0.29, 0.717) is 10.6 Å². The minimum Gasteiger partial charge on any atom is -0.298 e. The van der Waals surface area contributed by atoms with Gasteiger partial charge >= 0.3 is 0 Å². The van der Waals surface area contributed by atoms with Crippen molar-refractivity contribution in [3.05, 3.63) is 52.1 Å². The number of carbonyl (C=O) groups excluding carboxylic acids is 1. The number of halogens is 1. The van der Waals surface area contributed by atoms with Gasteiger partial charge < -0.3 is 0 Å². The monoisotopic (exact) mass is 260 g/mol. The molecule has 0 unspecified atom stereocenters.